The van der Waals surface area contributed by atoms with Crippen LogP contribution < -0.4 is 16.4 Å². The fourth-order valence-corrected chi connectivity index (χ4v) is 1.46. The third-order valence-corrected chi connectivity index (χ3v) is 2.58. The van der Waals surface area contributed by atoms with Crippen LogP contribution in [0.1, 0.15) is 40.0 Å². The summed E-state index contributed by atoms with van der Waals surface area (Å²) < 4.78 is 0. The maximum absolute atomic E-state index is 5.93. The Balaban J connectivity index is 2.39. The molecule has 0 aliphatic carbocycles. The van der Waals surface area contributed by atoms with E-state index in [4.69, 9.17) is 5.73 Å². The fraction of sp³-hybridized carbons (Fsp3) is 0.692. The van der Waals surface area contributed by atoms with Crippen LogP contribution in [-0.2, 0) is 0 Å². The van der Waals surface area contributed by atoms with E-state index < -0.39 is 0 Å². The summed E-state index contributed by atoms with van der Waals surface area (Å²) >= 11 is 0. The van der Waals surface area contributed by atoms with Crippen molar-refractivity contribution in [2.45, 2.75) is 45.6 Å². The first-order valence-electron chi connectivity index (χ1n) is 6.60. The largest absolute Gasteiger partial charge is 0.370 e. The smallest absolute Gasteiger partial charge is 0.131 e. The third-order valence-electron chi connectivity index (χ3n) is 2.58. The number of rotatable bonds is 8. The standard InChI is InChI=1S/C13H25N5/c1-4-5-7-15-11-9-12(18-10-17-11)16-8-6-13(2,3)14/h9-10H,4-8,14H2,1-3H3,(H2,15,16,17,18). The Morgan fingerprint density at radius 3 is 2.33 bits per heavy atom. The van der Waals surface area contributed by atoms with Crippen molar-refractivity contribution in [3.05, 3.63) is 12.4 Å². The Kier molecular flexibility index (Phi) is 5.85. The first-order valence-corrected chi connectivity index (χ1v) is 6.60. The lowest BCUT2D eigenvalue weighted by Crippen LogP contribution is -2.34. The summed E-state index contributed by atoms with van der Waals surface area (Å²) in [4.78, 5) is 8.37. The van der Waals surface area contributed by atoms with E-state index in [1.54, 1.807) is 6.33 Å². The van der Waals surface area contributed by atoms with Crippen molar-refractivity contribution in [2.24, 2.45) is 5.73 Å². The molecule has 5 heteroatoms. The van der Waals surface area contributed by atoms with Crippen molar-refractivity contribution in [1.82, 2.24) is 9.97 Å². The second-order valence-electron chi connectivity index (χ2n) is 5.23. The molecule has 0 fully saturated rings. The van der Waals surface area contributed by atoms with E-state index in [-0.39, 0.29) is 5.54 Å². The molecule has 1 heterocycles. The highest BCUT2D eigenvalue weighted by Gasteiger charge is 2.09. The second-order valence-corrected chi connectivity index (χ2v) is 5.23. The molecule has 1 aromatic heterocycles. The molecular formula is C13H25N5. The number of hydrogen-bond donors (Lipinski definition) is 3. The zero-order valence-electron chi connectivity index (χ0n) is 11.7. The lowest BCUT2D eigenvalue weighted by atomic mass is 10.0. The Labute approximate surface area is 110 Å². The predicted octanol–water partition coefficient (Wildman–Crippen LogP) is 2.23. The van der Waals surface area contributed by atoms with Gasteiger partial charge in [-0.25, -0.2) is 9.97 Å². The van der Waals surface area contributed by atoms with Crippen molar-refractivity contribution < 1.29 is 0 Å². The summed E-state index contributed by atoms with van der Waals surface area (Å²) in [5, 5.41) is 6.54. The number of hydrogen-bond acceptors (Lipinski definition) is 5. The number of anilines is 2. The molecule has 1 rings (SSSR count). The van der Waals surface area contributed by atoms with Crippen LogP contribution in [0.3, 0.4) is 0 Å². The van der Waals surface area contributed by atoms with Crippen LogP contribution in [0.2, 0.25) is 0 Å². The van der Waals surface area contributed by atoms with E-state index in [1.807, 2.05) is 19.9 Å². The zero-order valence-corrected chi connectivity index (χ0v) is 11.7. The first kappa shape index (κ1) is 14.7. The number of nitrogens with zero attached hydrogens (tertiary/aromatic N) is 2. The van der Waals surface area contributed by atoms with Gasteiger partial charge >= 0.3 is 0 Å². The van der Waals surface area contributed by atoms with Gasteiger partial charge in [-0.2, -0.15) is 0 Å². The highest BCUT2D eigenvalue weighted by Crippen LogP contribution is 2.10. The molecule has 0 unspecified atom stereocenters. The minimum absolute atomic E-state index is 0.151. The molecule has 0 aliphatic rings. The minimum atomic E-state index is -0.151. The lowest BCUT2D eigenvalue weighted by molar-refractivity contribution is 0.490. The van der Waals surface area contributed by atoms with Crippen LogP contribution in [0.15, 0.2) is 12.4 Å². The Hall–Kier alpha value is -1.36. The van der Waals surface area contributed by atoms with Gasteiger partial charge in [-0.1, -0.05) is 13.3 Å². The zero-order chi connectivity index (χ0) is 13.4. The van der Waals surface area contributed by atoms with Crippen LogP contribution in [0, 0.1) is 0 Å². The molecular weight excluding hydrogens is 226 g/mol. The van der Waals surface area contributed by atoms with Gasteiger partial charge in [-0.3, -0.25) is 0 Å². The van der Waals surface area contributed by atoms with Crippen molar-refractivity contribution in [1.29, 1.82) is 0 Å². The predicted molar refractivity (Wildman–Crippen MR) is 76.8 cm³/mol. The fourth-order valence-electron chi connectivity index (χ4n) is 1.46. The number of nitrogens with one attached hydrogen (secondary N) is 2. The number of unbranched alkanes of at least 4 members (excludes halogenated alkanes) is 1. The molecule has 4 N–H and O–H groups in total. The highest BCUT2D eigenvalue weighted by molar-refractivity contribution is 5.46. The van der Waals surface area contributed by atoms with Gasteiger partial charge in [0.15, 0.2) is 0 Å². The molecule has 0 aliphatic heterocycles. The molecule has 0 spiro atoms. The quantitative estimate of drug-likeness (QED) is 0.618. The van der Waals surface area contributed by atoms with Crippen molar-refractivity contribution in [3.8, 4) is 0 Å². The van der Waals surface area contributed by atoms with Gasteiger partial charge in [0.25, 0.3) is 0 Å². The summed E-state index contributed by atoms with van der Waals surface area (Å²) in [5.41, 5.74) is 5.77. The summed E-state index contributed by atoms with van der Waals surface area (Å²) in [7, 11) is 0. The van der Waals surface area contributed by atoms with Crippen LogP contribution >= 0.6 is 0 Å². The maximum Gasteiger partial charge on any atom is 0.131 e. The Morgan fingerprint density at radius 1 is 1.17 bits per heavy atom. The van der Waals surface area contributed by atoms with Crippen LogP contribution in [0.25, 0.3) is 0 Å². The van der Waals surface area contributed by atoms with E-state index >= 15 is 0 Å². The molecule has 102 valence electrons. The van der Waals surface area contributed by atoms with Crippen molar-refractivity contribution in [3.63, 3.8) is 0 Å². The van der Waals surface area contributed by atoms with Gasteiger partial charge in [-0.15, -0.1) is 0 Å². The molecule has 0 saturated heterocycles. The average Bonchev–Trinajstić information content (AvgIpc) is 2.28. The van der Waals surface area contributed by atoms with Crippen LogP contribution in [0.4, 0.5) is 11.6 Å². The number of nitrogens with two attached hydrogens (primary N) is 1. The highest BCUT2D eigenvalue weighted by atomic mass is 15.1. The lowest BCUT2D eigenvalue weighted by Gasteiger charge is -2.18. The van der Waals surface area contributed by atoms with Gasteiger partial charge in [0, 0.05) is 24.7 Å². The molecule has 18 heavy (non-hydrogen) atoms. The molecule has 0 radical (unpaired) electrons. The molecule has 0 atom stereocenters. The van der Waals surface area contributed by atoms with E-state index in [9.17, 15) is 0 Å². The van der Waals surface area contributed by atoms with E-state index in [1.165, 1.54) is 6.42 Å². The molecule has 0 bridgehead atoms. The van der Waals surface area contributed by atoms with Gasteiger partial charge in [-0.05, 0) is 26.7 Å². The average molecular weight is 251 g/mol. The topological polar surface area (TPSA) is 75.9 Å². The SMILES string of the molecule is CCCCNc1cc(NCCC(C)(C)N)ncn1. The summed E-state index contributed by atoms with van der Waals surface area (Å²) in [6.07, 6.45) is 4.79. The van der Waals surface area contributed by atoms with Gasteiger partial charge in [0.2, 0.25) is 0 Å². The molecule has 0 amide bonds. The Morgan fingerprint density at radius 2 is 1.78 bits per heavy atom. The molecule has 0 saturated carbocycles. The van der Waals surface area contributed by atoms with E-state index in [0.717, 1.165) is 37.6 Å². The molecule has 1 aromatic rings. The van der Waals surface area contributed by atoms with Crippen LogP contribution in [-0.4, -0.2) is 28.6 Å². The minimum Gasteiger partial charge on any atom is -0.370 e. The van der Waals surface area contributed by atoms with Gasteiger partial charge < -0.3 is 16.4 Å². The monoisotopic (exact) mass is 251 g/mol. The number of aromatic nitrogens is 2. The maximum atomic E-state index is 5.93. The van der Waals surface area contributed by atoms with Crippen molar-refractivity contribution in [2.75, 3.05) is 23.7 Å². The van der Waals surface area contributed by atoms with Crippen LogP contribution in [0.5, 0.6) is 0 Å². The summed E-state index contributed by atoms with van der Waals surface area (Å²) in [5.74, 6) is 1.71. The third kappa shape index (κ3) is 6.39. The molecule has 0 aromatic carbocycles. The van der Waals surface area contributed by atoms with E-state index in [0.29, 0.717) is 0 Å². The van der Waals surface area contributed by atoms with E-state index in [2.05, 4.69) is 27.5 Å². The Bertz CT molecular complexity index is 345. The normalized spacial score (nSPS) is 11.3. The summed E-state index contributed by atoms with van der Waals surface area (Å²) in [6.45, 7) is 7.97. The first-order chi connectivity index (χ1) is 8.51. The van der Waals surface area contributed by atoms with Gasteiger partial charge in [0.05, 0.1) is 0 Å². The van der Waals surface area contributed by atoms with Gasteiger partial charge in [0.1, 0.15) is 18.0 Å². The van der Waals surface area contributed by atoms with Crippen molar-refractivity contribution >= 4 is 11.6 Å². The second kappa shape index (κ2) is 7.16. The summed E-state index contributed by atoms with van der Waals surface area (Å²) in [6, 6.07) is 1.93. The molecule has 5 nitrogen and oxygen atoms in total.